The van der Waals surface area contributed by atoms with E-state index in [9.17, 15) is 41.7 Å². The predicted octanol–water partition coefficient (Wildman–Crippen LogP) is 7.54. The molecule has 0 bridgehead atoms. The zero-order valence-electron chi connectivity index (χ0n) is 24.3. The molecule has 12 heteroatoms. The molecule has 5 rings (SSSR count). The summed E-state index contributed by atoms with van der Waals surface area (Å²) in [5.41, 5.74) is 0.962. The van der Waals surface area contributed by atoms with Crippen LogP contribution in [0.5, 0.6) is 0 Å². The van der Waals surface area contributed by atoms with E-state index in [4.69, 9.17) is 0 Å². The Morgan fingerprint density at radius 3 is 2.20 bits per heavy atom. The maximum Gasteiger partial charge on any atom is 0.416 e. The first-order chi connectivity index (χ1) is 21.8. The minimum Gasteiger partial charge on any atom is -0.350 e. The van der Waals surface area contributed by atoms with Gasteiger partial charge in [0.1, 0.15) is 6.04 Å². The van der Waals surface area contributed by atoms with Gasteiger partial charge in [-0.2, -0.15) is 13.2 Å². The van der Waals surface area contributed by atoms with Crippen LogP contribution in [0.1, 0.15) is 35.3 Å². The number of aromatic nitrogens is 1. The number of nitrogens with one attached hydrogen (secondary N) is 1. The molecule has 7 nitrogen and oxygen atoms in total. The Kier molecular flexibility index (Phi) is 8.99. The van der Waals surface area contributed by atoms with Crippen LogP contribution in [0.15, 0.2) is 95.8 Å². The second-order valence-electron chi connectivity index (χ2n) is 10.7. The molecule has 1 amide bonds. The molecule has 0 aliphatic carbocycles. The molecule has 0 aliphatic rings. The maximum absolute atomic E-state index is 14.4. The first-order valence-corrected chi connectivity index (χ1v) is 14.1. The minimum atomic E-state index is -4.44. The summed E-state index contributed by atoms with van der Waals surface area (Å²) in [6.45, 7) is 1.64. The van der Waals surface area contributed by atoms with Crippen molar-refractivity contribution in [1.82, 2.24) is 9.88 Å². The Morgan fingerprint density at radius 2 is 1.57 bits per heavy atom. The lowest BCUT2D eigenvalue weighted by Gasteiger charge is -2.23. The number of nitro benzene ring substituents is 1. The fourth-order valence-corrected chi connectivity index (χ4v) is 5.27. The number of carbonyl (C=O) groups is 1. The van der Waals surface area contributed by atoms with Crippen molar-refractivity contribution < 1.29 is 31.7 Å². The van der Waals surface area contributed by atoms with Crippen LogP contribution in [-0.4, -0.2) is 15.4 Å². The smallest absolute Gasteiger partial charge is 0.350 e. The van der Waals surface area contributed by atoms with Crippen LogP contribution in [0.3, 0.4) is 0 Å². The third kappa shape index (κ3) is 6.80. The SMILES string of the molecule is CC(C(=O)NCc1ccc(-c2ccc(C(F)(F)F)cc2)cc1)n1c(CCc2cccc(F)c2F)cc(=O)c2ccc([N+](=O)[O-])cc21. The van der Waals surface area contributed by atoms with Gasteiger partial charge in [0.15, 0.2) is 17.1 Å². The van der Waals surface area contributed by atoms with Gasteiger partial charge >= 0.3 is 6.18 Å². The lowest BCUT2D eigenvalue weighted by Crippen LogP contribution is -2.32. The van der Waals surface area contributed by atoms with Crippen molar-refractivity contribution in [1.29, 1.82) is 0 Å². The highest BCUT2D eigenvalue weighted by atomic mass is 19.4. The third-order valence-corrected chi connectivity index (χ3v) is 7.74. The number of non-ortho nitro benzene ring substituents is 1. The number of nitro groups is 1. The minimum absolute atomic E-state index is 0.0108. The topological polar surface area (TPSA) is 94.2 Å². The summed E-state index contributed by atoms with van der Waals surface area (Å²) >= 11 is 0. The van der Waals surface area contributed by atoms with Crippen LogP contribution in [0.2, 0.25) is 0 Å². The number of aryl methyl sites for hydroxylation is 2. The standard InChI is InChI=1S/C34H26F5N3O4/c1-20(33(44)40-19-21-5-7-22(8-6-21)23-9-12-25(13-10-23)34(37,38)39)41-26(14-11-24-3-2-4-29(35)32(24)36)18-31(43)28-16-15-27(42(45)46)17-30(28)41/h2-10,12-13,15-18,20H,11,14,19H2,1H3,(H,40,44). The number of benzene rings is 4. The molecule has 5 aromatic rings. The van der Waals surface area contributed by atoms with E-state index in [-0.39, 0.29) is 41.5 Å². The number of pyridine rings is 1. The molecule has 1 aromatic heterocycles. The normalized spacial score (nSPS) is 12.2. The van der Waals surface area contributed by atoms with E-state index >= 15 is 0 Å². The van der Waals surface area contributed by atoms with Crippen LogP contribution in [0.25, 0.3) is 22.0 Å². The molecular weight excluding hydrogens is 609 g/mol. The average molecular weight is 636 g/mol. The van der Waals surface area contributed by atoms with Gasteiger partial charge in [-0.25, -0.2) is 8.78 Å². The third-order valence-electron chi connectivity index (χ3n) is 7.74. The molecule has 0 saturated heterocycles. The molecule has 0 fully saturated rings. The molecule has 1 unspecified atom stereocenters. The zero-order chi connectivity index (χ0) is 33.2. The molecule has 0 aliphatic heterocycles. The van der Waals surface area contributed by atoms with Gasteiger partial charge in [0.2, 0.25) is 5.91 Å². The van der Waals surface area contributed by atoms with E-state index in [0.717, 1.165) is 18.2 Å². The number of rotatable bonds is 9. The molecule has 1 N–H and O–H groups in total. The Morgan fingerprint density at radius 1 is 0.913 bits per heavy atom. The van der Waals surface area contributed by atoms with Crippen molar-refractivity contribution in [3.63, 3.8) is 0 Å². The van der Waals surface area contributed by atoms with Crippen LogP contribution < -0.4 is 10.7 Å². The van der Waals surface area contributed by atoms with Gasteiger partial charge in [-0.05, 0) is 66.3 Å². The van der Waals surface area contributed by atoms with Crippen molar-refractivity contribution in [3.8, 4) is 11.1 Å². The van der Waals surface area contributed by atoms with E-state index in [1.807, 2.05) is 0 Å². The van der Waals surface area contributed by atoms with Gasteiger partial charge in [0.25, 0.3) is 5.69 Å². The van der Waals surface area contributed by atoms with E-state index in [1.165, 1.54) is 53.1 Å². The molecule has 1 heterocycles. The van der Waals surface area contributed by atoms with Crippen LogP contribution >= 0.6 is 0 Å². The van der Waals surface area contributed by atoms with Crippen LogP contribution in [-0.2, 0) is 30.4 Å². The summed E-state index contributed by atoms with van der Waals surface area (Å²) in [6, 6.07) is 19.4. The summed E-state index contributed by atoms with van der Waals surface area (Å²) in [5, 5.41) is 14.5. The summed E-state index contributed by atoms with van der Waals surface area (Å²) in [5.74, 6) is -2.53. The van der Waals surface area contributed by atoms with Crippen molar-refractivity contribution in [2.24, 2.45) is 0 Å². The number of alkyl halides is 3. The molecule has 1 atom stereocenters. The number of nitrogens with zero attached hydrogens (tertiary/aromatic N) is 2. The summed E-state index contributed by atoms with van der Waals surface area (Å²) < 4.78 is 68.4. The van der Waals surface area contributed by atoms with Crippen molar-refractivity contribution in [2.75, 3.05) is 0 Å². The highest BCUT2D eigenvalue weighted by Crippen LogP contribution is 2.31. The van der Waals surface area contributed by atoms with Gasteiger partial charge in [-0.1, -0.05) is 48.5 Å². The predicted molar refractivity (Wildman–Crippen MR) is 162 cm³/mol. The van der Waals surface area contributed by atoms with E-state index in [0.29, 0.717) is 22.4 Å². The zero-order valence-corrected chi connectivity index (χ0v) is 24.3. The first kappa shape index (κ1) is 32.0. The number of hydrogen-bond acceptors (Lipinski definition) is 4. The number of halogens is 5. The molecule has 0 radical (unpaired) electrons. The quantitative estimate of drug-likeness (QED) is 0.103. The summed E-state index contributed by atoms with van der Waals surface area (Å²) in [4.78, 5) is 37.4. The van der Waals surface area contributed by atoms with Gasteiger partial charge in [-0.15, -0.1) is 0 Å². The highest BCUT2D eigenvalue weighted by molar-refractivity contribution is 5.86. The van der Waals surface area contributed by atoms with Crippen LogP contribution in [0, 0.1) is 21.7 Å². The average Bonchev–Trinajstić information content (AvgIpc) is 3.03. The Hall–Kier alpha value is -5.39. The fraction of sp³-hybridized carbons (Fsp3) is 0.176. The van der Waals surface area contributed by atoms with E-state index in [1.54, 1.807) is 31.2 Å². The first-order valence-electron chi connectivity index (χ1n) is 14.1. The fourth-order valence-electron chi connectivity index (χ4n) is 5.27. The van der Waals surface area contributed by atoms with E-state index in [2.05, 4.69) is 5.32 Å². The molecular formula is C34H26F5N3O4. The highest BCUT2D eigenvalue weighted by Gasteiger charge is 2.30. The van der Waals surface area contributed by atoms with Crippen molar-refractivity contribution in [2.45, 2.75) is 38.5 Å². The maximum atomic E-state index is 14.4. The lowest BCUT2D eigenvalue weighted by atomic mass is 10.0. The monoisotopic (exact) mass is 635 g/mol. The Labute approximate surface area is 259 Å². The number of hydrogen-bond donors (Lipinski definition) is 1. The molecule has 0 saturated carbocycles. The van der Waals surface area contributed by atoms with Crippen LogP contribution in [0.4, 0.5) is 27.6 Å². The molecule has 0 spiro atoms. The van der Waals surface area contributed by atoms with Gasteiger partial charge in [-0.3, -0.25) is 19.7 Å². The molecule has 236 valence electrons. The number of amides is 1. The molecule has 4 aromatic carbocycles. The number of carbonyl (C=O) groups excluding carboxylic acids is 1. The lowest BCUT2D eigenvalue weighted by molar-refractivity contribution is -0.384. The Bertz CT molecular complexity index is 1990. The summed E-state index contributed by atoms with van der Waals surface area (Å²) in [7, 11) is 0. The number of fused-ring (bicyclic) bond motifs is 1. The van der Waals surface area contributed by atoms with Gasteiger partial charge < -0.3 is 9.88 Å². The largest absolute Gasteiger partial charge is 0.416 e. The Balaban J connectivity index is 1.40. The van der Waals surface area contributed by atoms with Crippen molar-refractivity contribution >= 4 is 22.5 Å². The second-order valence-corrected chi connectivity index (χ2v) is 10.7. The van der Waals surface area contributed by atoms with E-state index < -0.39 is 45.7 Å². The summed E-state index contributed by atoms with van der Waals surface area (Å²) in [6.07, 6.45) is -4.42. The van der Waals surface area contributed by atoms with Gasteiger partial charge in [0, 0.05) is 35.8 Å². The van der Waals surface area contributed by atoms with Crippen molar-refractivity contribution in [3.05, 3.63) is 145 Å². The molecule has 46 heavy (non-hydrogen) atoms. The van der Waals surface area contributed by atoms with Gasteiger partial charge in [0.05, 0.1) is 16.0 Å². The second kappa shape index (κ2) is 12.9.